The third kappa shape index (κ3) is 3.35. The first kappa shape index (κ1) is 10.5. The van der Waals surface area contributed by atoms with Crippen LogP contribution < -0.4 is 0 Å². The third-order valence-corrected chi connectivity index (χ3v) is 2.55. The number of hydrogen-bond donors (Lipinski definition) is 0. The predicted octanol–water partition coefficient (Wildman–Crippen LogP) is 3.47. The average molecular weight is 180 g/mol. The Morgan fingerprint density at radius 2 is 2.31 bits per heavy atom. The summed E-state index contributed by atoms with van der Waals surface area (Å²) in [6.07, 6.45) is 8.00. The molecule has 74 valence electrons. The molecule has 1 rings (SSSR count). The lowest BCUT2D eigenvalue weighted by Crippen LogP contribution is -2.11. The molecule has 1 aliphatic heterocycles. The van der Waals surface area contributed by atoms with Gasteiger partial charge in [-0.2, -0.15) is 0 Å². The van der Waals surface area contributed by atoms with Crippen LogP contribution in [0.4, 0.5) is 0 Å². The molecule has 0 aromatic heterocycles. The Balaban J connectivity index is 2.54. The van der Waals surface area contributed by atoms with Crippen LogP contribution in [-0.2, 0) is 4.74 Å². The van der Waals surface area contributed by atoms with Gasteiger partial charge in [-0.25, -0.2) is 0 Å². The van der Waals surface area contributed by atoms with Crippen LogP contribution in [-0.4, -0.2) is 13.2 Å². The molecule has 13 heavy (non-hydrogen) atoms. The first-order valence-electron chi connectivity index (χ1n) is 5.27. The molecule has 1 nitrogen and oxygen atoms in total. The highest BCUT2D eigenvalue weighted by Gasteiger charge is 2.10. The Morgan fingerprint density at radius 3 is 3.00 bits per heavy atom. The van der Waals surface area contributed by atoms with Crippen molar-refractivity contribution in [2.45, 2.75) is 39.0 Å². The van der Waals surface area contributed by atoms with Crippen molar-refractivity contribution in [3.05, 3.63) is 23.8 Å². The molecule has 1 heteroatoms. The van der Waals surface area contributed by atoms with Gasteiger partial charge in [-0.05, 0) is 31.3 Å². The van der Waals surface area contributed by atoms with Crippen LogP contribution in [0.25, 0.3) is 0 Å². The van der Waals surface area contributed by atoms with Crippen LogP contribution in [0.3, 0.4) is 0 Å². The molecule has 0 atom stereocenters. The molecule has 0 aromatic carbocycles. The number of unbranched alkanes of at least 4 members (excludes halogenated alkanes) is 1. The number of rotatable bonds is 5. The minimum atomic E-state index is 0.838. The molecule has 0 saturated carbocycles. The smallest absolute Gasteiger partial charge is 0.0682 e. The zero-order valence-electron chi connectivity index (χ0n) is 8.64. The lowest BCUT2D eigenvalue weighted by atomic mass is 9.96. The standard InChI is InChI=1S/C12H20O/c1-3-5-7-11-8-9-13-10-12(11)6-4-2/h4H,2-3,5-10H2,1H3. The summed E-state index contributed by atoms with van der Waals surface area (Å²) in [5.41, 5.74) is 3.11. The van der Waals surface area contributed by atoms with Crippen LogP contribution in [0.2, 0.25) is 0 Å². The van der Waals surface area contributed by atoms with E-state index < -0.39 is 0 Å². The van der Waals surface area contributed by atoms with Crippen molar-refractivity contribution < 1.29 is 4.74 Å². The topological polar surface area (TPSA) is 9.23 Å². The van der Waals surface area contributed by atoms with Crippen LogP contribution in [0.5, 0.6) is 0 Å². The van der Waals surface area contributed by atoms with E-state index in [-0.39, 0.29) is 0 Å². The first-order valence-corrected chi connectivity index (χ1v) is 5.27. The summed E-state index contributed by atoms with van der Waals surface area (Å²) in [5.74, 6) is 0. The Bertz CT molecular complexity index is 191. The molecular weight excluding hydrogens is 160 g/mol. The van der Waals surface area contributed by atoms with Gasteiger partial charge in [0, 0.05) is 0 Å². The summed E-state index contributed by atoms with van der Waals surface area (Å²) >= 11 is 0. The van der Waals surface area contributed by atoms with E-state index >= 15 is 0 Å². The fraction of sp³-hybridized carbons (Fsp3) is 0.667. The largest absolute Gasteiger partial charge is 0.377 e. The van der Waals surface area contributed by atoms with Gasteiger partial charge in [-0.3, -0.25) is 0 Å². The van der Waals surface area contributed by atoms with E-state index in [1.165, 1.54) is 24.8 Å². The van der Waals surface area contributed by atoms with Crippen molar-refractivity contribution in [1.29, 1.82) is 0 Å². The van der Waals surface area contributed by atoms with Gasteiger partial charge in [0.05, 0.1) is 13.2 Å². The second kappa shape index (κ2) is 5.98. The number of hydrogen-bond acceptors (Lipinski definition) is 1. The van der Waals surface area contributed by atoms with Gasteiger partial charge in [0.1, 0.15) is 0 Å². The average Bonchev–Trinajstić information content (AvgIpc) is 2.17. The van der Waals surface area contributed by atoms with Crippen LogP contribution in [0.15, 0.2) is 23.8 Å². The van der Waals surface area contributed by atoms with Gasteiger partial charge in [0.15, 0.2) is 0 Å². The maximum atomic E-state index is 5.44. The van der Waals surface area contributed by atoms with Gasteiger partial charge in [-0.15, -0.1) is 6.58 Å². The zero-order chi connectivity index (χ0) is 9.52. The number of allylic oxidation sites excluding steroid dienone is 1. The molecular formula is C12H20O. The molecule has 0 aliphatic carbocycles. The molecule has 0 saturated heterocycles. The summed E-state index contributed by atoms with van der Waals surface area (Å²) in [6, 6.07) is 0. The summed E-state index contributed by atoms with van der Waals surface area (Å²) in [6.45, 7) is 7.78. The van der Waals surface area contributed by atoms with E-state index in [2.05, 4.69) is 13.5 Å². The highest BCUT2D eigenvalue weighted by Crippen LogP contribution is 2.23. The minimum absolute atomic E-state index is 0.838. The Hall–Kier alpha value is -0.560. The normalized spacial score (nSPS) is 17.6. The summed E-state index contributed by atoms with van der Waals surface area (Å²) in [4.78, 5) is 0. The molecule has 0 unspecified atom stereocenters. The second-order valence-corrected chi connectivity index (χ2v) is 3.61. The van der Waals surface area contributed by atoms with Crippen molar-refractivity contribution >= 4 is 0 Å². The van der Waals surface area contributed by atoms with Gasteiger partial charge < -0.3 is 4.74 Å². The fourth-order valence-corrected chi connectivity index (χ4v) is 1.74. The van der Waals surface area contributed by atoms with E-state index in [4.69, 9.17) is 4.74 Å². The lowest BCUT2D eigenvalue weighted by Gasteiger charge is -2.20. The van der Waals surface area contributed by atoms with Crippen molar-refractivity contribution in [2.24, 2.45) is 0 Å². The maximum Gasteiger partial charge on any atom is 0.0682 e. The quantitative estimate of drug-likeness (QED) is 0.589. The van der Waals surface area contributed by atoms with Crippen molar-refractivity contribution in [3.63, 3.8) is 0 Å². The van der Waals surface area contributed by atoms with Gasteiger partial charge in [0.2, 0.25) is 0 Å². The second-order valence-electron chi connectivity index (χ2n) is 3.61. The van der Waals surface area contributed by atoms with Gasteiger partial charge >= 0.3 is 0 Å². The van der Waals surface area contributed by atoms with E-state index in [1.54, 1.807) is 5.57 Å². The lowest BCUT2D eigenvalue weighted by molar-refractivity contribution is 0.143. The Labute approximate surface area is 81.5 Å². The van der Waals surface area contributed by atoms with Gasteiger partial charge in [0.25, 0.3) is 0 Å². The molecule has 0 amide bonds. The predicted molar refractivity (Wildman–Crippen MR) is 56.8 cm³/mol. The molecule has 0 radical (unpaired) electrons. The molecule has 0 bridgehead atoms. The molecule has 1 aliphatic rings. The molecule has 0 spiro atoms. The Morgan fingerprint density at radius 1 is 1.46 bits per heavy atom. The summed E-state index contributed by atoms with van der Waals surface area (Å²) in [5, 5.41) is 0. The Kier molecular flexibility index (Phi) is 4.84. The van der Waals surface area contributed by atoms with Crippen LogP contribution in [0.1, 0.15) is 39.0 Å². The maximum absolute atomic E-state index is 5.44. The van der Waals surface area contributed by atoms with E-state index in [0.717, 1.165) is 26.1 Å². The van der Waals surface area contributed by atoms with Crippen molar-refractivity contribution in [3.8, 4) is 0 Å². The third-order valence-electron chi connectivity index (χ3n) is 2.55. The van der Waals surface area contributed by atoms with Crippen LogP contribution in [0, 0.1) is 0 Å². The molecule has 0 fully saturated rings. The van der Waals surface area contributed by atoms with E-state index in [1.807, 2.05) is 6.08 Å². The van der Waals surface area contributed by atoms with Crippen LogP contribution >= 0.6 is 0 Å². The van der Waals surface area contributed by atoms with Crippen molar-refractivity contribution in [1.82, 2.24) is 0 Å². The van der Waals surface area contributed by atoms with E-state index in [0.29, 0.717) is 0 Å². The molecule has 1 heterocycles. The summed E-state index contributed by atoms with van der Waals surface area (Å²) in [7, 11) is 0. The van der Waals surface area contributed by atoms with Gasteiger partial charge in [-0.1, -0.05) is 25.0 Å². The highest BCUT2D eigenvalue weighted by molar-refractivity contribution is 5.19. The highest BCUT2D eigenvalue weighted by atomic mass is 16.5. The molecule has 0 N–H and O–H groups in total. The van der Waals surface area contributed by atoms with Crippen molar-refractivity contribution in [2.75, 3.05) is 13.2 Å². The van der Waals surface area contributed by atoms with E-state index in [9.17, 15) is 0 Å². The number of ether oxygens (including phenoxy) is 1. The minimum Gasteiger partial charge on any atom is -0.377 e. The first-order chi connectivity index (χ1) is 6.38. The molecule has 0 aromatic rings. The SMILES string of the molecule is C=CCC1=C(CCCC)CCOC1. The fourth-order valence-electron chi connectivity index (χ4n) is 1.74. The summed E-state index contributed by atoms with van der Waals surface area (Å²) < 4.78 is 5.44. The monoisotopic (exact) mass is 180 g/mol. The zero-order valence-corrected chi connectivity index (χ0v) is 8.64.